The van der Waals surface area contributed by atoms with Gasteiger partial charge in [-0.15, -0.1) is 0 Å². The van der Waals surface area contributed by atoms with E-state index in [2.05, 4.69) is 4.37 Å². The van der Waals surface area contributed by atoms with Gasteiger partial charge in [0.25, 0.3) is 0 Å². The topological polar surface area (TPSA) is 50.2 Å². The van der Waals surface area contributed by atoms with E-state index in [9.17, 15) is 4.79 Å². The second-order valence-electron chi connectivity index (χ2n) is 2.75. The number of benzene rings is 1. The molecule has 1 N–H and O–H groups in total. The third kappa shape index (κ3) is 1.65. The van der Waals surface area contributed by atoms with E-state index in [4.69, 9.17) is 5.11 Å². The molecule has 0 bridgehead atoms. The molecule has 0 amide bonds. The highest BCUT2D eigenvalue weighted by atomic mass is 32.1. The third-order valence-corrected chi connectivity index (χ3v) is 2.63. The summed E-state index contributed by atoms with van der Waals surface area (Å²) in [6.07, 6.45) is 0. The fourth-order valence-corrected chi connectivity index (χ4v) is 1.85. The Balaban J connectivity index is 2.39. The van der Waals surface area contributed by atoms with Crippen molar-refractivity contribution in [3.8, 4) is 10.4 Å². The Labute approximate surface area is 84.8 Å². The van der Waals surface area contributed by atoms with Gasteiger partial charge in [-0.1, -0.05) is 30.3 Å². The lowest BCUT2D eigenvalue weighted by molar-refractivity contribution is 0.0692. The predicted molar refractivity (Wildman–Crippen MR) is 54.5 cm³/mol. The number of rotatable bonds is 2. The van der Waals surface area contributed by atoms with Crippen molar-refractivity contribution in [1.29, 1.82) is 0 Å². The first kappa shape index (κ1) is 8.90. The number of carboxylic acid groups (broad SMARTS) is 1. The van der Waals surface area contributed by atoms with Crippen molar-refractivity contribution in [2.45, 2.75) is 0 Å². The summed E-state index contributed by atoms with van der Waals surface area (Å²) in [7, 11) is 0. The molecule has 0 spiro atoms. The van der Waals surface area contributed by atoms with Gasteiger partial charge < -0.3 is 5.11 Å². The molecular weight excluding hydrogens is 198 g/mol. The molecule has 0 fully saturated rings. The van der Waals surface area contributed by atoms with Crippen LogP contribution in [0.1, 0.15) is 10.5 Å². The second kappa shape index (κ2) is 3.59. The van der Waals surface area contributed by atoms with Crippen LogP contribution >= 0.6 is 11.5 Å². The zero-order valence-corrected chi connectivity index (χ0v) is 7.99. The maximum atomic E-state index is 10.6. The van der Waals surface area contributed by atoms with Gasteiger partial charge in [-0.05, 0) is 23.2 Å². The van der Waals surface area contributed by atoms with Crippen LogP contribution in [-0.2, 0) is 0 Å². The van der Waals surface area contributed by atoms with Gasteiger partial charge in [-0.2, -0.15) is 4.37 Å². The smallest absolute Gasteiger partial charge is 0.355 e. The van der Waals surface area contributed by atoms with Gasteiger partial charge in [0.2, 0.25) is 0 Å². The largest absolute Gasteiger partial charge is 0.476 e. The summed E-state index contributed by atoms with van der Waals surface area (Å²) in [6, 6.07) is 11.2. The van der Waals surface area contributed by atoms with Crippen LogP contribution in [0, 0.1) is 0 Å². The Hall–Kier alpha value is -1.68. The second-order valence-corrected chi connectivity index (χ2v) is 3.55. The molecule has 0 saturated carbocycles. The lowest BCUT2D eigenvalue weighted by atomic mass is 10.2. The first-order valence-corrected chi connectivity index (χ1v) is 4.80. The number of carboxylic acids is 1. The molecule has 0 aliphatic heterocycles. The summed E-state index contributed by atoms with van der Waals surface area (Å²) < 4.78 is 3.83. The van der Waals surface area contributed by atoms with Gasteiger partial charge in [0.15, 0.2) is 5.69 Å². The van der Waals surface area contributed by atoms with Crippen molar-refractivity contribution in [3.05, 3.63) is 42.1 Å². The van der Waals surface area contributed by atoms with E-state index in [1.54, 1.807) is 6.07 Å². The monoisotopic (exact) mass is 205 g/mol. The lowest BCUT2D eigenvalue weighted by Gasteiger charge is -1.92. The van der Waals surface area contributed by atoms with E-state index in [1.165, 1.54) is 11.5 Å². The fourth-order valence-electron chi connectivity index (χ4n) is 1.11. The molecule has 0 radical (unpaired) electrons. The first-order chi connectivity index (χ1) is 6.77. The minimum Gasteiger partial charge on any atom is -0.476 e. The predicted octanol–water partition coefficient (Wildman–Crippen LogP) is 2.51. The maximum absolute atomic E-state index is 10.6. The molecule has 1 aromatic carbocycles. The van der Waals surface area contributed by atoms with Gasteiger partial charge in [0.1, 0.15) is 0 Å². The van der Waals surface area contributed by atoms with Gasteiger partial charge >= 0.3 is 5.97 Å². The molecule has 0 unspecified atom stereocenters. The standard InChI is InChI=1S/C10H7NO2S/c12-10(13)8-6-9(14-11-8)7-4-2-1-3-5-7/h1-6H,(H,12,13). The summed E-state index contributed by atoms with van der Waals surface area (Å²) >= 11 is 1.20. The van der Waals surface area contributed by atoms with Crippen LogP contribution in [0.15, 0.2) is 36.4 Å². The molecule has 1 heterocycles. The van der Waals surface area contributed by atoms with Crippen molar-refractivity contribution in [1.82, 2.24) is 4.37 Å². The van der Waals surface area contributed by atoms with Crippen molar-refractivity contribution in [2.24, 2.45) is 0 Å². The van der Waals surface area contributed by atoms with Crippen LogP contribution in [0.25, 0.3) is 10.4 Å². The summed E-state index contributed by atoms with van der Waals surface area (Å²) in [6.45, 7) is 0. The number of aromatic carboxylic acids is 1. The minimum absolute atomic E-state index is 0.105. The van der Waals surface area contributed by atoms with E-state index < -0.39 is 5.97 Å². The number of hydrogen-bond acceptors (Lipinski definition) is 3. The Morgan fingerprint density at radius 1 is 1.29 bits per heavy atom. The molecule has 2 rings (SSSR count). The third-order valence-electron chi connectivity index (χ3n) is 1.79. The highest BCUT2D eigenvalue weighted by Gasteiger charge is 2.09. The molecule has 0 aliphatic rings. The van der Waals surface area contributed by atoms with Crippen molar-refractivity contribution >= 4 is 17.5 Å². The van der Waals surface area contributed by atoms with Gasteiger partial charge in [-0.25, -0.2) is 4.79 Å². The number of hydrogen-bond donors (Lipinski definition) is 1. The van der Waals surface area contributed by atoms with Crippen LogP contribution in [0.4, 0.5) is 0 Å². The van der Waals surface area contributed by atoms with Crippen LogP contribution in [0.2, 0.25) is 0 Å². The van der Waals surface area contributed by atoms with Gasteiger partial charge in [0, 0.05) is 0 Å². The normalized spacial score (nSPS) is 10.0. The minimum atomic E-state index is -0.983. The van der Waals surface area contributed by atoms with E-state index >= 15 is 0 Å². The van der Waals surface area contributed by atoms with Crippen LogP contribution < -0.4 is 0 Å². The number of carbonyl (C=O) groups is 1. The Kier molecular flexibility index (Phi) is 2.28. The van der Waals surface area contributed by atoms with Crippen molar-refractivity contribution in [3.63, 3.8) is 0 Å². The highest BCUT2D eigenvalue weighted by Crippen LogP contribution is 2.24. The average molecular weight is 205 g/mol. The van der Waals surface area contributed by atoms with Crippen LogP contribution in [0.3, 0.4) is 0 Å². The molecule has 4 heteroatoms. The number of nitrogens with zero attached hydrogens (tertiary/aromatic N) is 1. The Morgan fingerprint density at radius 3 is 2.57 bits per heavy atom. The zero-order valence-electron chi connectivity index (χ0n) is 7.18. The molecule has 70 valence electrons. The molecular formula is C10H7NO2S. The number of aromatic nitrogens is 1. The summed E-state index contributed by atoms with van der Waals surface area (Å²) in [5.41, 5.74) is 1.10. The molecule has 0 saturated heterocycles. The van der Waals surface area contributed by atoms with Crippen molar-refractivity contribution in [2.75, 3.05) is 0 Å². The summed E-state index contributed by atoms with van der Waals surface area (Å²) in [4.78, 5) is 11.5. The fraction of sp³-hybridized carbons (Fsp3) is 0. The Bertz CT molecular complexity index is 450. The SMILES string of the molecule is O=C(O)c1cc(-c2ccccc2)sn1. The molecule has 0 atom stereocenters. The zero-order chi connectivity index (χ0) is 9.97. The maximum Gasteiger partial charge on any atom is 0.355 e. The van der Waals surface area contributed by atoms with E-state index in [0.717, 1.165) is 10.4 Å². The van der Waals surface area contributed by atoms with Crippen LogP contribution in [-0.4, -0.2) is 15.4 Å². The summed E-state index contributed by atoms with van der Waals surface area (Å²) in [5, 5.41) is 8.69. The van der Waals surface area contributed by atoms with Gasteiger partial charge in [0.05, 0.1) is 4.88 Å². The summed E-state index contributed by atoms with van der Waals surface area (Å²) in [5.74, 6) is -0.983. The molecule has 14 heavy (non-hydrogen) atoms. The first-order valence-electron chi connectivity index (χ1n) is 4.03. The molecule has 0 aliphatic carbocycles. The molecule has 2 aromatic rings. The van der Waals surface area contributed by atoms with E-state index in [0.29, 0.717) is 0 Å². The Morgan fingerprint density at radius 2 is 2.00 bits per heavy atom. The van der Waals surface area contributed by atoms with E-state index in [1.807, 2.05) is 30.3 Å². The molecule has 1 aromatic heterocycles. The van der Waals surface area contributed by atoms with E-state index in [-0.39, 0.29) is 5.69 Å². The van der Waals surface area contributed by atoms with Gasteiger partial charge in [-0.3, -0.25) is 0 Å². The molecule has 3 nitrogen and oxygen atoms in total. The quantitative estimate of drug-likeness (QED) is 0.819. The average Bonchev–Trinajstić information content (AvgIpc) is 2.68. The highest BCUT2D eigenvalue weighted by molar-refractivity contribution is 7.09. The van der Waals surface area contributed by atoms with Crippen LogP contribution in [0.5, 0.6) is 0 Å². The lowest BCUT2D eigenvalue weighted by Crippen LogP contribution is -1.94. The van der Waals surface area contributed by atoms with Crippen molar-refractivity contribution < 1.29 is 9.90 Å².